The van der Waals surface area contributed by atoms with Crippen LogP contribution in [0.25, 0.3) is 11.3 Å². The molecule has 7 rings (SSSR count). The van der Waals surface area contributed by atoms with Crippen LogP contribution in [0.4, 0.5) is 4.79 Å². The van der Waals surface area contributed by atoms with Gasteiger partial charge in [0.25, 0.3) is 0 Å². The molecule has 3 N–H and O–H groups in total. The Morgan fingerprint density at radius 1 is 0.972 bits per heavy atom. The van der Waals surface area contributed by atoms with Crippen molar-refractivity contribution in [1.82, 2.24) is 20.8 Å². The van der Waals surface area contributed by atoms with Gasteiger partial charge in [-0.25, -0.2) is 13.2 Å². The summed E-state index contributed by atoms with van der Waals surface area (Å²) in [6.07, 6.45) is 8.34. The highest BCUT2D eigenvalue weighted by molar-refractivity contribution is 7.90. The summed E-state index contributed by atoms with van der Waals surface area (Å²) in [7, 11) is -3.32. The number of H-pyrrole nitrogens is 1. The minimum atomic E-state index is -3.32. The molecule has 4 aliphatic rings. The smallest absolute Gasteiger partial charge is 0.316 e. The van der Waals surface area contributed by atoms with Gasteiger partial charge in [0.15, 0.2) is 9.84 Å². The molecule has 188 valence electrons. The second-order valence-electron chi connectivity index (χ2n) is 11.1. The molecule has 36 heavy (non-hydrogen) atoms. The number of nitrogens with zero attached hydrogens (tertiary/aromatic N) is 1. The molecule has 1 heterocycles. The van der Waals surface area contributed by atoms with Gasteiger partial charge in [0, 0.05) is 11.8 Å². The van der Waals surface area contributed by atoms with Crippen molar-refractivity contribution in [2.75, 3.05) is 6.26 Å². The highest BCUT2D eigenvalue weighted by Crippen LogP contribution is 2.55. The van der Waals surface area contributed by atoms with Gasteiger partial charge in [-0.05, 0) is 85.6 Å². The Morgan fingerprint density at radius 3 is 2.17 bits per heavy atom. The number of hydrogen-bond donors (Lipinski definition) is 3. The van der Waals surface area contributed by atoms with E-state index in [9.17, 15) is 13.2 Å². The van der Waals surface area contributed by atoms with Gasteiger partial charge in [-0.2, -0.15) is 5.10 Å². The van der Waals surface area contributed by atoms with Gasteiger partial charge in [0.2, 0.25) is 0 Å². The van der Waals surface area contributed by atoms with E-state index in [1.54, 1.807) is 24.3 Å². The molecule has 0 radical (unpaired) electrons. The lowest BCUT2D eigenvalue weighted by atomic mass is 9.53. The average molecular weight is 505 g/mol. The maximum absolute atomic E-state index is 13.4. The molecule has 4 saturated carbocycles. The minimum Gasteiger partial charge on any atom is -0.333 e. The molecule has 4 fully saturated rings. The number of sulfone groups is 1. The van der Waals surface area contributed by atoms with Crippen molar-refractivity contribution in [1.29, 1.82) is 0 Å². The predicted molar refractivity (Wildman–Crippen MR) is 138 cm³/mol. The van der Waals surface area contributed by atoms with Crippen LogP contribution >= 0.6 is 0 Å². The number of rotatable bonds is 6. The Morgan fingerprint density at radius 2 is 1.58 bits per heavy atom. The number of aromatic amines is 1. The number of urea groups is 1. The Bertz CT molecular complexity index is 1330. The van der Waals surface area contributed by atoms with Crippen molar-refractivity contribution in [3.63, 3.8) is 0 Å². The van der Waals surface area contributed by atoms with Gasteiger partial charge in [-0.1, -0.05) is 42.5 Å². The Hall–Kier alpha value is -3.13. The average Bonchev–Trinajstić information content (AvgIpc) is 3.32. The number of carbonyl (C=O) groups is 1. The van der Waals surface area contributed by atoms with E-state index in [2.05, 4.69) is 20.8 Å². The first-order valence-corrected chi connectivity index (χ1v) is 14.6. The molecule has 3 aromatic rings. The Labute approximate surface area is 212 Å². The molecule has 1 atom stereocenters. The van der Waals surface area contributed by atoms with Crippen molar-refractivity contribution >= 4 is 15.9 Å². The summed E-state index contributed by atoms with van der Waals surface area (Å²) in [6.45, 7) is 0. The zero-order chi connectivity index (χ0) is 24.9. The Kier molecular flexibility index (Phi) is 5.67. The van der Waals surface area contributed by atoms with Crippen LogP contribution in [0.2, 0.25) is 0 Å². The fourth-order valence-electron chi connectivity index (χ4n) is 7.16. The SMILES string of the molecule is CS(=O)(=O)c1ccc(C(NC(=O)NC23CC4CC(CC(C4)C2)C3)c2cc(-c3ccccc3)[nH]n2)cc1. The third kappa shape index (κ3) is 4.54. The molecule has 4 aliphatic carbocycles. The first-order chi connectivity index (χ1) is 17.3. The lowest BCUT2D eigenvalue weighted by molar-refractivity contribution is -0.0136. The molecule has 0 saturated heterocycles. The van der Waals surface area contributed by atoms with Gasteiger partial charge < -0.3 is 10.6 Å². The maximum atomic E-state index is 13.4. The molecule has 8 heteroatoms. The summed E-state index contributed by atoms with van der Waals surface area (Å²) >= 11 is 0. The molecule has 4 bridgehead atoms. The van der Waals surface area contributed by atoms with E-state index < -0.39 is 15.9 Å². The lowest BCUT2D eigenvalue weighted by Gasteiger charge is -2.56. The summed E-state index contributed by atoms with van der Waals surface area (Å²) in [5.41, 5.74) is 3.19. The number of amides is 2. The number of aromatic nitrogens is 2. The van der Waals surface area contributed by atoms with Crippen molar-refractivity contribution in [3.8, 4) is 11.3 Å². The fourth-order valence-corrected chi connectivity index (χ4v) is 7.79. The molecular weight excluding hydrogens is 472 g/mol. The van der Waals surface area contributed by atoms with Crippen LogP contribution in [0.3, 0.4) is 0 Å². The van der Waals surface area contributed by atoms with E-state index >= 15 is 0 Å². The number of carbonyl (C=O) groups excluding carboxylic acids is 1. The number of hydrogen-bond acceptors (Lipinski definition) is 4. The zero-order valence-corrected chi connectivity index (χ0v) is 21.2. The van der Waals surface area contributed by atoms with E-state index in [0.717, 1.165) is 53.8 Å². The molecule has 0 spiro atoms. The number of nitrogens with one attached hydrogen (secondary N) is 3. The predicted octanol–water partition coefficient (Wildman–Crippen LogP) is 4.84. The molecule has 2 aromatic carbocycles. The lowest BCUT2D eigenvalue weighted by Crippen LogP contribution is -2.61. The summed E-state index contributed by atoms with van der Waals surface area (Å²) < 4.78 is 24.0. The van der Waals surface area contributed by atoms with Gasteiger partial charge in [-0.15, -0.1) is 0 Å². The summed E-state index contributed by atoms with van der Waals surface area (Å²) in [6, 6.07) is 17.8. The first-order valence-electron chi connectivity index (χ1n) is 12.8. The van der Waals surface area contributed by atoms with E-state index in [1.165, 1.54) is 25.5 Å². The van der Waals surface area contributed by atoms with Gasteiger partial charge in [0.05, 0.1) is 16.3 Å². The standard InChI is InChI=1S/C28H32N4O3S/c1-36(34,35)23-9-7-22(8-10-23)26(25-14-24(31-32-25)21-5-3-2-4-6-21)29-27(33)30-28-15-18-11-19(16-28)13-20(12-18)17-28/h2-10,14,18-20,26H,11-13,15-17H2,1H3,(H,31,32)(H2,29,30,33). The summed E-state index contributed by atoms with van der Waals surface area (Å²) in [5, 5.41) is 14.2. The largest absolute Gasteiger partial charge is 0.333 e. The van der Waals surface area contributed by atoms with Crippen LogP contribution in [0, 0.1) is 17.8 Å². The van der Waals surface area contributed by atoms with Crippen molar-refractivity contribution < 1.29 is 13.2 Å². The minimum absolute atomic E-state index is 0.107. The van der Waals surface area contributed by atoms with Crippen molar-refractivity contribution in [2.24, 2.45) is 17.8 Å². The third-order valence-electron chi connectivity index (χ3n) is 8.31. The summed E-state index contributed by atoms with van der Waals surface area (Å²) in [4.78, 5) is 13.7. The van der Waals surface area contributed by atoms with Gasteiger partial charge in [0.1, 0.15) is 6.04 Å². The Balaban J connectivity index is 1.28. The topological polar surface area (TPSA) is 104 Å². The molecule has 0 aliphatic heterocycles. The zero-order valence-electron chi connectivity index (χ0n) is 20.4. The third-order valence-corrected chi connectivity index (χ3v) is 9.44. The van der Waals surface area contributed by atoms with Crippen LogP contribution in [-0.2, 0) is 9.84 Å². The van der Waals surface area contributed by atoms with Crippen LogP contribution < -0.4 is 10.6 Å². The second kappa shape index (κ2) is 8.76. The molecule has 1 unspecified atom stereocenters. The molecule has 2 amide bonds. The molecule has 1 aromatic heterocycles. The number of benzene rings is 2. The fraction of sp³-hybridized carbons (Fsp3) is 0.429. The van der Waals surface area contributed by atoms with Crippen LogP contribution in [-0.4, -0.2) is 36.4 Å². The van der Waals surface area contributed by atoms with Crippen molar-refractivity contribution in [2.45, 2.75) is 55.0 Å². The normalized spacial score (nSPS) is 27.5. The van der Waals surface area contributed by atoms with Gasteiger partial charge >= 0.3 is 6.03 Å². The maximum Gasteiger partial charge on any atom is 0.316 e. The molecule has 7 nitrogen and oxygen atoms in total. The van der Waals surface area contributed by atoms with Crippen LogP contribution in [0.15, 0.2) is 65.6 Å². The second-order valence-corrected chi connectivity index (χ2v) is 13.2. The van der Waals surface area contributed by atoms with Crippen LogP contribution in [0.5, 0.6) is 0 Å². The first kappa shape index (κ1) is 23.3. The summed E-state index contributed by atoms with van der Waals surface area (Å²) in [5.74, 6) is 2.20. The highest BCUT2D eigenvalue weighted by Gasteiger charge is 2.51. The van der Waals surface area contributed by atoms with Crippen LogP contribution in [0.1, 0.15) is 55.8 Å². The van der Waals surface area contributed by atoms with E-state index in [0.29, 0.717) is 5.69 Å². The quantitative estimate of drug-likeness (QED) is 0.447. The van der Waals surface area contributed by atoms with E-state index in [1.807, 2.05) is 36.4 Å². The molecular formula is C28H32N4O3S. The van der Waals surface area contributed by atoms with Crippen molar-refractivity contribution in [3.05, 3.63) is 71.9 Å². The van der Waals surface area contributed by atoms with Gasteiger partial charge in [-0.3, -0.25) is 5.10 Å². The monoisotopic (exact) mass is 504 g/mol. The van der Waals surface area contributed by atoms with E-state index in [4.69, 9.17) is 0 Å². The van der Waals surface area contributed by atoms with E-state index in [-0.39, 0.29) is 16.5 Å². The highest BCUT2D eigenvalue weighted by atomic mass is 32.2.